The van der Waals surface area contributed by atoms with Crippen LogP contribution in [0.25, 0.3) is 10.9 Å². The Morgan fingerprint density at radius 3 is 2.80 bits per heavy atom. The van der Waals surface area contributed by atoms with E-state index in [2.05, 4.69) is 28.0 Å². The predicted octanol–water partition coefficient (Wildman–Crippen LogP) is 2.52. The van der Waals surface area contributed by atoms with E-state index in [0.717, 1.165) is 30.6 Å². The van der Waals surface area contributed by atoms with E-state index in [1.54, 1.807) is 7.11 Å². The van der Waals surface area contributed by atoms with Gasteiger partial charge in [-0.25, -0.2) is 0 Å². The van der Waals surface area contributed by atoms with Crippen molar-refractivity contribution in [2.24, 2.45) is 0 Å². The van der Waals surface area contributed by atoms with Crippen molar-refractivity contribution in [3.8, 4) is 5.75 Å². The molecule has 0 radical (unpaired) electrons. The molecule has 5 nitrogen and oxygen atoms in total. The van der Waals surface area contributed by atoms with Crippen LogP contribution in [0.3, 0.4) is 0 Å². The Bertz CT molecular complexity index is 714. The molecule has 0 amide bonds. The summed E-state index contributed by atoms with van der Waals surface area (Å²) in [7, 11) is 1.70. The van der Waals surface area contributed by atoms with Crippen LogP contribution in [0.15, 0.2) is 42.7 Å². The highest BCUT2D eigenvalue weighted by molar-refractivity contribution is 5.86. The van der Waals surface area contributed by atoms with Gasteiger partial charge < -0.3 is 15.0 Å². The maximum Gasteiger partial charge on any atom is 0.145 e. The molecule has 2 aromatic heterocycles. The number of anilines is 1. The number of hydrogen-bond donors (Lipinski definition) is 1. The molecule has 2 N–H and O–H groups in total. The van der Waals surface area contributed by atoms with Crippen LogP contribution in [0.2, 0.25) is 0 Å². The number of aromatic nitrogens is 3. The Hall–Kier alpha value is -2.43. The van der Waals surface area contributed by atoms with E-state index in [4.69, 9.17) is 10.5 Å². The number of ether oxygens (including phenoxy) is 1. The highest BCUT2D eigenvalue weighted by Gasteiger charge is 2.05. The van der Waals surface area contributed by atoms with Gasteiger partial charge in [0.2, 0.25) is 0 Å². The molecule has 0 atom stereocenters. The van der Waals surface area contributed by atoms with Crippen LogP contribution < -0.4 is 10.5 Å². The maximum absolute atomic E-state index is 5.60. The topological polar surface area (TPSA) is 58.0 Å². The second-order valence-electron chi connectivity index (χ2n) is 4.76. The number of nitrogens with zero attached hydrogens (tertiary/aromatic N) is 3. The molecule has 0 bridgehead atoms. The van der Waals surface area contributed by atoms with Crippen molar-refractivity contribution in [2.45, 2.75) is 19.5 Å². The molecule has 3 aromatic rings. The predicted molar refractivity (Wildman–Crippen MR) is 79.7 cm³/mol. The number of hydrogen-bond acceptors (Lipinski definition) is 3. The normalized spacial score (nSPS) is 11.1. The minimum atomic E-state index is 0.571. The van der Waals surface area contributed by atoms with Crippen molar-refractivity contribution in [3.05, 3.63) is 42.7 Å². The van der Waals surface area contributed by atoms with Gasteiger partial charge >= 0.3 is 0 Å². The Kier molecular flexibility index (Phi) is 3.33. The molecular formula is C15H18N4O. The van der Waals surface area contributed by atoms with Gasteiger partial charge in [-0.05, 0) is 30.7 Å². The van der Waals surface area contributed by atoms with Crippen LogP contribution >= 0.6 is 0 Å². The van der Waals surface area contributed by atoms with Gasteiger partial charge in [0.05, 0.1) is 12.6 Å². The SMILES string of the molecule is COc1cccc2c1ccn2CCCn1ccc(N)n1. The molecule has 0 aliphatic carbocycles. The standard InChI is InChI=1S/C15H18N4O/c1-20-14-5-2-4-13-12(14)6-10-18(13)8-3-9-19-11-7-15(16)17-19/h2,4-7,10-11H,3,8-9H2,1H3,(H2,16,17). The molecule has 0 saturated heterocycles. The minimum Gasteiger partial charge on any atom is -0.496 e. The molecule has 0 aliphatic heterocycles. The van der Waals surface area contributed by atoms with E-state index in [9.17, 15) is 0 Å². The molecule has 104 valence electrons. The second-order valence-corrected chi connectivity index (χ2v) is 4.76. The third-order valence-electron chi connectivity index (χ3n) is 3.44. The fourth-order valence-electron chi connectivity index (χ4n) is 2.47. The largest absolute Gasteiger partial charge is 0.496 e. The van der Waals surface area contributed by atoms with Gasteiger partial charge in [-0.3, -0.25) is 4.68 Å². The lowest BCUT2D eigenvalue weighted by molar-refractivity contribution is 0.420. The summed E-state index contributed by atoms with van der Waals surface area (Å²) in [6.07, 6.45) is 5.01. The highest BCUT2D eigenvalue weighted by atomic mass is 16.5. The quantitative estimate of drug-likeness (QED) is 0.775. The van der Waals surface area contributed by atoms with Crippen molar-refractivity contribution < 1.29 is 4.74 Å². The second kappa shape index (κ2) is 5.28. The van der Waals surface area contributed by atoms with Crippen LogP contribution in [0.5, 0.6) is 5.75 Å². The van der Waals surface area contributed by atoms with Gasteiger partial charge in [-0.15, -0.1) is 0 Å². The molecule has 0 aliphatic rings. The molecule has 1 aromatic carbocycles. The van der Waals surface area contributed by atoms with E-state index < -0.39 is 0 Å². The van der Waals surface area contributed by atoms with Crippen LogP contribution in [-0.2, 0) is 13.1 Å². The van der Waals surface area contributed by atoms with Crippen molar-refractivity contribution >= 4 is 16.7 Å². The Balaban J connectivity index is 1.71. The highest BCUT2D eigenvalue weighted by Crippen LogP contribution is 2.26. The third kappa shape index (κ3) is 2.34. The Labute approximate surface area is 117 Å². The molecule has 0 fully saturated rings. The lowest BCUT2D eigenvalue weighted by Gasteiger charge is -2.07. The van der Waals surface area contributed by atoms with Gasteiger partial charge in [0.1, 0.15) is 11.6 Å². The Morgan fingerprint density at radius 1 is 1.15 bits per heavy atom. The summed E-state index contributed by atoms with van der Waals surface area (Å²) >= 11 is 0. The summed E-state index contributed by atoms with van der Waals surface area (Å²) in [6, 6.07) is 10.0. The van der Waals surface area contributed by atoms with Gasteiger partial charge in [-0.1, -0.05) is 6.07 Å². The zero-order chi connectivity index (χ0) is 13.9. The number of nitrogens with two attached hydrogens (primary N) is 1. The van der Waals surface area contributed by atoms with Crippen molar-refractivity contribution in [2.75, 3.05) is 12.8 Å². The zero-order valence-electron chi connectivity index (χ0n) is 11.5. The molecular weight excluding hydrogens is 252 g/mol. The van der Waals surface area contributed by atoms with E-state index in [1.807, 2.05) is 29.1 Å². The molecule has 0 unspecified atom stereocenters. The lowest BCUT2D eigenvalue weighted by atomic mass is 10.2. The lowest BCUT2D eigenvalue weighted by Crippen LogP contribution is -2.04. The monoisotopic (exact) mass is 270 g/mol. The van der Waals surface area contributed by atoms with Gasteiger partial charge in [0.15, 0.2) is 0 Å². The minimum absolute atomic E-state index is 0.571. The average molecular weight is 270 g/mol. The number of rotatable bonds is 5. The van der Waals surface area contributed by atoms with E-state index in [0.29, 0.717) is 5.82 Å². The number of methoxy groups -OCH3 is 1. The molecule has 2 heterocycles. The van der Waals surface area contributed by atoms with E-state index in [1.165, 1.54) is 5.52 Å². The van der Waals surface area contributed by atoms with Crippen LogP contribution in [-0.4, -0.2) is 21.5 Å². The zero-order valence-corrected chi connectivity index (χ0v) is 11.5. The summed E-state index contributed by atoms with van der Waals surface area (Å²) in [5, 5.41) is 5.34. The molecule has 0 spiro atoms. The first-order valence-electron chi connectivity index (χ1n) is 6.69. The first-order valence-corrected chi connectivity index (χ1v) is 6.69. The summed E-state index contributed by atoms with van der Waals surface area (Å²) in [5.41, 5.74) is 6.80. The average Bonchev–Trinajstić information content (AvgIpc) is 3.05. The van der Waals surface area contributed by atoms with Crippen LogP contribution in [0.4, 0.5) is 5.82 Å². The first kappa shape index (κ1) is 12.6. The summed E-state index contributed by atoms with van der Waals surface area (Å²) in [4.78, 5) is 0. The number of fused-ring (bicyclic) bond motifs is 1. The fourth-order valence-corrected chi connectivity index (χ4v) is 2.47. The first-order chi connectivity index (χ1) is 9.78. The van der Waals surface area contributed by atoms with Crippen molar-refractivity contribution in [1.29, 1.82) is 0 Å². The van der Waals surface area contributed by atoms with Gasteiger partial charge in [-0.2, -0.15) is 5.10 Å². The third-order valence-corrected chi connectivity index (χ3v) is 3.44. The molecule has 0 saturated carbocycles. The summed E-state index contributed by atoms with van der Waals surface area (Å²) in [5.74, 6) is 1.49. The number of nitrogen functional groups attached to an aromatic ring is 1. The van der Waals surface area contributed by atoms with Gasteiger partial charge in [0.25, 0.3) is 0 Å². The van der Waals surface area contributed by atoms with Crippen molar-refractivity contribution in [3.63, 3.8) is 0 Å². The van der Waals surface area contributed by atoms with Crippen LogP contribution in [0, 0.1) is 0 Å². The van der Waals surface area contributed by atoms with E-state index in [-0.39, 0.29) is 0 Å². The van der Waals surface area contributed by atoms with E-state index >= 15 is 0 Å². The summed E-state index contributed by atoms with van der Waals surface area (Å²) in [6.45, 7) is 1.80. The number of benzene rings is 1. The number of aryl methyl sites for hydroxylation is 2. The molecule has 3 rings (SSSR count). The molecule has 5 heteroatoms. The van der Waals surface area contributed by atoms with Crippen molar-refractivity contribution in [1.82, 2.24) is 14.3 Å². The fraction of sp³-hybridized carbons (Fsp3) is 0.267. The molecule has 20 heavy (non-hydrogen) atoms. The smallest absolute Gasteiger partial charge is 0.145 e. The summed E-state index contributed by atoms with van der Waals surface area (Å²) < 4.78 is 9.49. The maximum atomic E-state index is 5.60. The van der Waals surface area contributed by atoms with Crippen LogP contribution in [0.1, 0.15) is 6.42 Å². The Morgan fingerprint density at radius 2 is 2.05 bits per heavy atom. The van der Waals surface area contributed by atoms with Gasteiger partial charge in [0, 0.05) is 30.9 Å².